The summed E-state index contributed by atoms with van der Waals surface area (Å²) in [6.07, 6.45) is 4.12. The standard InChI is InChI=1S/C12H26N2/c1-5-12(6-7-12)9-14-8-10(13)11(2,3)4/h10,14H,5-9,13H2,1-4H3. The molecule has 0 aromatic heterocycles. The van der Waals surface area contributed by atoms with Crippen LogP contribution in [0.1, 0.15) is 47.0 Å². The van der Waals surface area contributed by atoms with E-state index >= 15 is 0 Å². The molecule has 0 radical (unpaired) electrons. The molecule has 1 unspecified atom stereocenters. The predicted octanol–water partition coefficient (Wildman–Crippen LogP) is 2.14. The smallest absolute Gasteiger partial charge is 0.0214 e. The fourth-order valence-electron chi connectivity index (χ4n) is 1.63. The second-order valence-corrected chi connectivity index (χ2v) is 5.96. The van der Waals surface area contributed by atoms with Crippen LogP contribution in [0.3, 0.4) is 0 Å². The molecule has 14 heavy (non-hydrogen) atoms. The molecule has 1 fully saturated rings. The van der Waals surface area contributed by atoms with E-state index in [2.05, 4.69) is 33.0 Å². The van der Waals surface area contributed by atoms with Crippen LogP contribution < -0.4 is 11.1 Å². The summed E-state index contributed by atoms with van der Waals surface area (Å²) in [6.45, 7) is 11.0. The highest BCUT2D eigenvalue weighted by atomic mass is 14.9. The van der Waals surface area contributed by atoms with Gasteiger partial charge in [0.1, 0.15) is 0 Å². The van der Waals surface area contributed by atoms with Gasteiger partial charge in [-0.05, 0) is 30.1 Å². The summed E-state index contributed by atoms with van der Waals surface area (Å²) in [5.41, 5.74) is 6.93. The van der Waals surface area contributed by atoms with Crippen molar-refractivity contribution in [2.45, 2.75) is 53.0 Å². The maximum Gasteiger partial charge on any atom is 0.0214 e. The van der Waals surface area contributed by atoms with E-state index < -0.39 is 0 Å². The fraction of sp³-hybridized carbons (Fsp3) is 1.00. The minimum absolute atomic E-state index is 0.218. The van der Waals surface area contributed by atoms with E-state index in [-0.39, 0.29) is 11.5 Å². The number of nitrogens with one attached hydrogen (secondary N) is 1. The molecule has 0 spiro atoms. The molecule has 2 heteroatoms. The average molecular weight is 198 g/mol. The summed E-state index contributed by atoms with van der Waals surface area (Å²) < 4.78 is 0. The first kappa shape index (κ1) is 12.0. The minimum atomic E-state index is 0.218. The Bertz CT molecular complexity index is 177. The van der Waals surface area contributed by atoms with Crippen LogP contribution in [0.5, 0.6) is 0 Å². The molecule has 1 rings (SSSR count). The minimum Gasteiger partial charge on any atom is -0.326 e. The lowest BCUT2D eigenvalue weighted by Crippen LogP contribution is -2.44. The van der Waals surface area contributed by atoms with Gasteiger partial charge in [-0.2, -0.15) is 0 Å². The quantitative estimate of drug-likeness (QED) is 0.710. The van der Waals surface area contributed by atoms with Crippen LogP contribution in [-0.2, 0) is 0 Å². The third kappa shape index (κ3) is 3.25. The number of hydrogen-bond acceptors (Lipinski definition) is 2. The Morgan fingerprint density at radius 3 is 2.29 bits per heavy atom. The van der Waals surface area contributed by atoms with Crippen molar-refractivity contribution in [3.63, 3.8) is 0 Å². The average Bonchev–Trinajstić information content (AvgIpc) is 2.84. The molecule has 1 saturated carbocycles. The first-order chi connectivity index (χ1) is 6.40. The van der Waals surface area contributed by atoms with Gasteiger partial charge >= 0.3 is 0 Å². The topological polar surface area (TPSA) is 38.0 Å². The van der Waals surface area contributed by atoms with E-state index in [4.69, 9.17) is 5.73 Å². The van der Waals surface area contributed by atoms with E-state index in [1.54, 1.807) is 0 Å². The van der Waals surface area contributed by atoms with Crippen LogP contribution in [0.25, 0.3) is 0 Å². The Morgan fingerprint density at radius 2 is 1.93 bits per heavy atom. The molecule has 3 N–H and O–H groups in total. The monoisotopic (exact) mass is 198 g/mol. The zero-order valence-corrected chi connectivity index (χ0v) is 10.2. The highest BCUT2D eigenvalue weighted by molar-refractivity contribution is 4.94. The van der Waals surface area contributed by atoms with Gasteiger partial charge in [-0.25, -0.2) is 0 Å². The second-order valence-electron chi connectivity index (χ2n) is 5.96. The summed E-state index contributed by atoms with van der Waals surface area (Å²) >= 11 is 0. The molecule has 0 aromatic rings. The summed E-state index contributed by atoms with van der Waals surface area (Å²) in [4.78, 5) is 0. The van der Waals surface area contributed by atoms with Crippen molar-refractivity contribution in [1.29, 1.82) is 0 Å². The van der Waals surface area contributed by atoms with E-state index in [0.717, 1.165) is 13.1 Å². The molecule has 0 heterocycles. The predicted molar refractivity (Wildman–Crippen MR) is 62.3 cm³/mol. The SMILES string of the molecule is CCC1(CNCC(N)C(C)(C)C)CC1. The van der Waals surface area contributed by atoms with Crippen molar-refractivity contribution in [1.82, 2.24) is 5.32 Å². The maximum absolute atomic E-state index is 6.08. The largest absolute Gasteiger partial charge is 0.326 e. The highest BCUT2D eigenvalue weighted by Gasteiger charge is 2.40. The van der Waals surface area contributed by atoms with Crippen molar-refractivity contribution in [3.8, 4) is 0 Å². The van der Waals surface area contributed by atoms with Gasteiger partial charge in [-0.15, -0.1) is 0 Å². The van der Waals surface area contributed by atoms with E-state index in [1.165, 1.54) is 19.3 Å². The van der Waals surface area contributed by atoms with E-state index in [9.17, 15) is 0 Å². The van der Waals surface area contributed by atoms with Crippen molar-refractivity contribution >= 4 is 0 Å². The van der Waals surface area contributed by atoms with Crippen molar-refractivity contribution < 1.29 is 0 Å². The maximum atomic E-state index is 6.08. The third-order valence-corrected chi connectivity index (χ3v) is 3.68. The zero-order chi connectivity index (χ0) is 10.8. The van der Waals surface area contributed by atoms with Crippen LogP contribution in [0, 0.1) is 10.8 Å². The Labute approximate surface area is 88.6 Å². The number of nitrogens with two attached hydrogens (primary N) is 1. The molecule has 84 valence electrons. The van der Waals surface area contributed by atoms with Crippen LogP contribution >= 0.6 is 0 Å². The Morgan fingerprint density at radius 1 is 1.36 bits per heavy atom. The molecule has 0 aliphatic heterocycles. The van der Waals surface area contributed by atoms with Crippen molar-refractivity contribution in [2.75, 3.05) is 13.1 Å². The van der Waals surface area contributed by atoms with Gasteiger partial charge in [0, 0.05) is 19.1 Å². The van der Waals surface area contributed by atoms with Crippen molar-refractivity contribution in [2.24, 2.45) is 16.6 Å². The third-order valence-electron chi connectivity index (χ3n) is 3.68. The fourth-order valence-corrected chi connectivity index (χ4v) is 1.63. The van der Waals surface area contributed by atoms with Crippen LogP contribution in [0.15, 0.2) is 0 Å². The zero-order valence-electron chi connectivity index (χ0n) is 10.2. The van der Waals surface area contributed by atoms with Gasteiger partial charge in [0.2, 0.25) is 0 Å². The summed E-state index contributed by atoms with van der Waals surface area (Å²) in [5, 5.41) is 3.52. The van der Waals surface area contributed by atoms with E-state index in [1.807, 2.05) is 0 Å². The van der Waals surface area contributed by atoms with Gasteiger partial charge in [0.15, 0.2) is 0 Å². The van der Waals surface area contributed by atoms with Crippen LogP contribution in [-0.4, -0.2) is 19.1 Å². The molecule has 1 atom stereocenters. The lowest BCUT2D eigenvalue weighted by atomic mass is 9.87. The molecular formula is C12H26N2. The Hall–Kier alpha value is -0.0800. The van der Waals surface area contributed by atoms with Crippen molar-refractivity contribution in [3.05, 3.63) is 0 Å². The van der Waals surface area contributed by atoms with Gasteiger partial charge in [-0.1, -0.05) is 27.7 Å². The summed E-state index contributed by atoms with van der Waals surface area (Å²) in [7, 11) is 0. The lowest BCUT2D eigenvalue weighted by Gasteiger charge is -2.28. The molecule has 1 aliphatic carbocycles. The first-order valence-electron chi connectivity index (χ1n) is 5.86. The van der Waals surface area contributed by atoms with Gasteiger partial charge in [-0.3, -0.25) is 0 Å². The molecule has 2 nitrogen and oxygen atoms in total. The molecule has 0 amide bonds. The highest BCUT2D eigenvalue weighted by Crippen LogP contribution is 2.47. The van der Waals surface area contributed by atoms with Crippen LogP contribution in [0.2, 0.25) is 0 Å². The Kier molecular flexibility index (Phi) is 3.59. The molecule has 0 aromatic carbocycles. The van der Waals surface area contributed by atoms with Crippen LogP contribution in [0.4, 0.5) is 0 Å². The number of rotatable bonds is 5. The summed E-state index contributed by atoms with van der Waals surface area (Å²) in [5.74, 6) is 0. The normalized spacial score (nSPS) is 22.1. The number of hydrogen-bond donors (Lipinski definition) is 2. The lowest BCUT2D eigenvalue weighted by molar-refractivity contribution is 0.300. The molecule has 1 aliphatic rings. The van der Waals surface area contributed by atoms with Gasteiger partial charge in [0.25, 0.3) is 0 Å². The van der Waals surface area contributed by atoms with Gasteiger partial charge < -0.3 is 11.1 Å². The summed E-state index contributed by atoms with van der Waals surface area (Å²) in [6, 6.07) is 0.259. The molecular weight excluding hydrogens is 172 g/mol. The first-order valence-corrected chi connectivity index (χ1v) is 5.86. The molecule has 0 bridgehead atoms. The van der Waals surface area contributed by atoms with Gasteiger partial charge in [0.05, 0.1) is 0 Å². The molecule has 0 saturated heterocycles. The Balaban J connectivity index is 2.15. The van der Waals surface area contributed by atoms with E-state index in [0.29, 0.717) is 5.41 Å². The second kappa shape index (κ2) is 4.19.